The van der Waals surface area contributed by atoms with Gasteiger partial charge in [0, 0.05) is 37.1 Å². The number of benzene rings is 1. The van der Waals surface area contributed by atoms with E-state index in [2.05, 4.69) is 10.3 Å². The van der Waals surface area contributed by atoms with E-state index in [1.165, 1.54) is 12.1 Å². The van der Waals surface area contributed by atoms with Gasteiger partial charge in [0.25, 0.3) is 5.91 Å². The summed E-state index contributed by atoms with van der Waals surface area (Å²) in [6, 6.07) is 10.1. The largest absolute Gasteiger partial charge is 0.381 e. The molecule has 1 N–H and O–H groups in total. The average molecular weight is 299 g/mol. The molecule has 114 valence electrons. The van der Waals surface area contributed by atoms with E-state index in [1.54, 1.807) is 29.4 Å². The number of nitrogens with one attached hydrogen (secondary N) is 1. The number of piperidine rings is 1. The molecule has 0 unspecified atom stereocenters. The Hall–Kier alpha value is -2.43. The molecule has 2 heterocycles. The van der Waals surface area contributed by atoms with Gasteiger partial charge >= 0.3 is 0 Å². The SMILES string of the molecule is O=C(c1cccc(F)c1)N1CCC(Nc2cccnc2)CC1. The molecule has 0 aliphatic carbocycles. The summed E-state index contributed by atoms with van der Waals surface area (Å²) in [6.07, 6.45) is 5.28. The van der Waals surface area contributed by atoms with Crippen molar-refractivity contribution in [1.82, 2.24) is 9.88 Å². The zero-order chi connectivity index (χ0) is 15.4. The molecule has 3 rings (SSSR count). The fourth-order valence-electron chi connectivity index (χ4n) is 2.71. The maximum absolute atomic E-state index is 13.2. The van der Waals surface area contributed by atoms with Crippen LogP contribution >= 0.6 is 0 Å². The lowest BCUT2D eigenvalue weighted by molar-refractivity contribution is 0.0718. The van der Waals surface area contributed by atoms with Crippen LogP contribution in [0, 0.1) is 5.82 Å². The topological polar surface area (TPSA) is 45.2 Å². The van der Waals surface area contributed by atoms with Gasteiger partial charge in [-0.2, -0.15) is 0 Å². The highest BCUT2D eigenvalue weighted by atomic mass is 19.1. The van der Waals surface area contributed by atoms with Crippen molar-refractivity contribution in [2.75, 3.05) is 18.4 Å². The summed E-state index contributed by atoms with van der Waals surface area (Å²) >= 11 is 0. The number of hydrogen-bond donors (Lipinski definition) is 1. The van der Waals surface area contributed by atoms with Crippen molar-refractivity contribution in [3.63, 3.8) is 0 Å². The van der Waals surface area contributed by atoms with E-state index in [4.69, 9.17) is 0 Å². The highest BCUT2D eigenvalue weighted by Crippen LogP contribution is 2.18. The molecule has 1 aromatic carbocycles. The molecule has 0 spiro atoms. The predicted molar refractivity (Wildman–Crippen MR) is 83.2 cm³/mol. The van der Waals surface area contributed by atoms with E-state index in [0.717, 1.165) is 18.5 Å². The molecule has 1 saturated heterocycles. The molecule has 2 aromatic rings. The van der Waals surface area contributed by atoms with E-state index >= 15 is 0 Å². The summed E-state index contributed by atoms with van der Waals surface area (Å²) in [4.78, 5) is 18.2. The summed E-state index contributed by atoms with van der Waals surface area (Å²) in [5.74, 6) is -0.474. The first-order valence-electron chi connectivity index (χ1n) is 7.44. The monoisotopic (exact) mass is 299 g/mol. The first kappa shape index (κ1) is 14.5. The van der Waals surface area contributed by atoms with Gasteiger partial charge in [-0.25, -0.2) is 4.39 Å². The molecule has 4 nitrogen and oxygen atoms in total. The molecule has 0 radical (unpaired) electrons. The van der Waals surface area contributed by atoms with Gasteiger partial charge in [0.15, 0.2) is 0 Å². The zero-order valence-corrected chi connectivity index (χ0v) is 12.2. The highest BCUT2D eigenvalue weighted by Gasteiger charge is 2.23. The normalized spacial score (nSPS) is 15.6. The molecule has 5 heteroatoms. The maximum atomic E-state index is 13.2. The van der Waals surface area contributed by atoms with Crippen LogP contribution in [-0.4, -0.2) is 34.9 Å². The Bertz CT molecular complexity index is 639. The Morgan fingerprint density at radius 1 is 1.23 bits per heavy atom. The molecular weight excluding hydrogens is 281 g/mol. The Morgan fingerprint density at radius 3 is 2.73 bits per heavy atom. The molecule has 1 aliphatic heterocycles. The van der Waals surface area contributed by atoms with Crippen molar-refractivity contribution >= 4 is 11.6 Å². The molecule has 0 saturated carbocycles. The number of hydrogen-bond acceptors (Lipinski definition) is 3. The van der Waals surface area contributed by atoms with Crippen molar-refractivity contribution in [3.8, 4) is 0 Å². The number of carbonyl (C=O) groups excluding carboxylic acids is 1. The van der Waals surface area contributed by atoms with Crippen LogP contribution < -0.4 is 5.32 Å². The van der Waals surface area contributed by atoms with Crippen LogP contribution in [0.5, 0.6) is 0 Å². The third-order valence-corrected chi connectivity index (χ3v) is 3.89. The zero-order valence-electron chi connectivity index (χ0n) is 12.2. The van der Waals surface area contributed by atoms with E-state index < -0.39 is 0 Å². The highest BCUT2D eigenvalue weighted by molar-refractivity contribution is 5.94. The van der Waals surface area contributed by atoms with Crippen LogP contribution in [0.4, 0.5) is 10.1 Å². The number of anilines is 1. The standard InChI is InChI=1S/C17H18FN3O/c18-14-4-1-3-13(11-14)17(22)21-9-6-15(7-10-21)20-16-5-2-8-19-12-16/h1-5,8,11-12,15,20H,6-7,9-10H2. The van der Waals surface area contributed by atoms with Crippen molar-refractivity contribution in [2.45, 2.75) is 18.9 Å². The molecule has 1 aromatic heterocycles. The van der Waals surface area contributed by atoms with Crippen molar-refractivity contribution in [2.24, 2.45) is 0 Å². The van der Waals surface area contributed by atoms with E-state index in [1.807, 2.05) is 12.1 Å². The summed E-state index contributed by atoms with van der Waals surface area (Å²) < 4.78 is 13.2. The minimum absolute atomic E-state index is 0.0978. The van der Waals surface area contributed by atoms with Gasteiger partial charge in [0.1, 0.15) is 5.82 Å². The third-order valence-electron chi connectivity index (χ3n) is 3.89. The molecule has 1 aliphatic rings. The third kappa shape index (κ3) is 3.42. The molecular formula is C17H18FN3O. The number of carbonyl (C=O) groups is 1. The van der Waals surface area contributed by atoms with Gasteiger partial charge in [-0.3, -0.25) is 9.78 Å². The number of rotatable bonds is 3. The van der Waals surface area contributed by atoms with Crippen LogP contribution in [0.1, 0.15) is 23.2 Å². The second kappa shape index (κ2) is 6.56. The Kier molecular flexibility index (Phi) is 4.32. The van der Waals surface area contributed by atoms with Crippen molar-refractivity contribution in [3.05, 3.63) is 60.2 Å². The van der Waals surface area contributed by atoms with Gasteiger partial charge < -0.3 is 10.2 Å². The molecule has 1 amide bonds. The lowest BCUT2D eigenvalue weighted by atomic mass is 10.0. The second-order valence-corrected chi connectivity index (χ2v) is 5.46. The minimum atomic E-state index is -0.376. The van der Waals surface area contributed by atoms with Crippen LogP contribution in [0.15, 0.2) is 48.8 Å². The number of halogens is 1. The summed E-state index contributed by atoms with van der Waals surface area (Å²) in [5.41, 5.74) is 1.41. The molecule has 22 heavy (non-hydrogen) atoms. The van der Waals surface area contributed by atoms with Gasteiger partial charge in [-0.15, -0.1) is 0 Å². The average Bonchev–Trinajstić information content (AvgIpc) is 2.56. The summed E-state index contributed by atoms with van der Waals surface area (Å²) in [7, 11) is 0. The van der Waals surface area contributed by atoms with Crippen molar-refractivity contribution < 1.29 is 9.18 Å². The fraction of sp³-hybridized carbons (Fsp3) is 0.294. The van der Waals surface area contributed by atoms with Gasteiger partial charge in [0.2, 0.25) is 0 Å². The second-order valence-electron chi connectivity index (χ2n) is 5.46. The van der Waals surface area contributed by atoms with Crippen LogP contribution in [-0.2, 0) is 0 Å². The Balaban J connectivity index is 1.56. The minimum Gasteiger partial charge on any atom is -0.381 e. The van der Waals surface area contributed by atoms with Crippen LogP contribution in [0.3, 0.4) is 0 Å². The summed E-state index contributed by atoms with van der Waals surface area (Å²) in [6.45, 7) is 1.35. The Labute approximate surface area is 129 Å². The number of pyridine rings is 1. The van der Waals surface area contributed by atoms with E-state index in [-0.39, 0.29) is 11.7 Å². The van der Waals surface area contributed by atoms with E-state index in [0.29, 0.717) is 24.7 Å². The molecule has 0 atom stereocenters. The number of nitrogens with zero attached hydrogens (tertiary/aromatic N) is 2. The van der Waals surface area contributed by atoms with Gasteiger partial charge in [-0.1, -0.05) is 6.07 Å². The quantitative estimate of drug-likeness (QED) is 0.948. The van der Waals surface area contributed by atoms with Crippen molar-refractivity contribution in [1.29, 1.82) is 0 Å². The maximum Gasteiger partial charge on any atom is 0.253 e. The smallest absolute Gasteiger partial charge is 0.253 e. The van der Waals surface area contributed by atoms with Crippen LogP contribution in [0.25, 0.3) is 0 Å². The molecule has 0 bridgehead atoms. The van der Waals surface area contributed by atoms with Gasteiger partial charge in [-0.05, 0) is 43.2 Å². The lowest BCUT2D eigenvalue weighted by Gasteiger charge is -2.33. The number of aromatic nitrogens is 1. The lowest BCUT2D eigenvalue weighted by Crippen LogP contribution is -2.42. The number of amides is 1. The predicted octanol–water partition coefficient (Wildman–Crippen LogP) is 2.94. The number of likely N-dealkylation sites (tertiary alicyclic amines) is 1. The Morgan fingerprint density at radius 2 is 2.05 bits per heavy atom. The first-order chi connectivity index (χ1) is 10.7. The van der Waals surface area contributed by atoms with Gasteiger partial charge in [0.05, 0.1) is 5.69 Å². The summed E-state index contributed by atoms with van der Waals surface area (Å²) in [5, 5.41) is 3.43. The fourth-order valence-corrected chi connectivity index (χ4v) is 2.71. The van der Waals surface area contributed by atoms with E-state index in [9.17, 15) is 9.18 Å². The molecule has 1 fully saturated rings. The van der Waals surface area contributed by atoms with Crippen LogP contribution in [0.2, 0.25) is 0 Å². The first-order valence-corrected chi connectivity index (χ1v) is 7.44.